The van der Waals surface area contributed by atoms with Crippen LogP contribution in [-0.2, 0) is 9.53 Å². The first-order valence-corrected chi connectivity index (χ1v) is 5.22. The maximum absolute atomic E-state index is 11.3. The van der Waals surface area contributed by atoms with Gasteiger partial charge in [0.05, 0.1) is 6.61 Å². The molecule has 0 aromatic carbocycles. The van der Waals surface area contributed by atoms with Gasteiger partial charge >= 0.3 is 5.97 Å². The fourth-order valence-corrected chi connectivity index (χ4v) is 1.49. The molecular weight excluding hydrogens is 194 g/mol. The van der Waals surface area contributed by atoms with Crippen LogP contribution in [-0.4, -0.2) is 48.3 Å². The number of rotatable bonds is 6. The average molecular weight is 217 g/mol. The lowest BCUT2D eigenvalue weighted by atomic mass is 9.95. The summed E-state index contributed by atoms with van der Waals surface area (Å²) in [6.45, 7) is 8.07. The fraction of sp³-hybridized carbons (Fsp3) is 0.909. The number of methoxy groups -OCH3 is 1. The molecule has 0 aliphatic heterocycles. The zero-order valence-electron chi connectivity index (χ0n) is 10.6. The summed E-state index contributed by atoms with van der Waals surface area (Å²) in [7, 11) is 3.35. The molecular formula is C11H23NO3. The van der Waals surface area contributed by atoms with Gasteiger partial charge in [-0.25, -0.2) is 0 Å². The number of hydrogen-bond donors (Lipinski definition) is 1. The van der Waals surface area contributed by atoms with Crippen molar-refractivity contribution in [3.63, 3.8) is 0 Å². The van der Waals surface area contributed by atoms with Crippen molar-refractivity contribution in [2.24, 2.45) is 5.92 Å². The second-order valence-electron chi connectivity index (χ2n) is 4.61. The lowest BCUT2D eigenvalue weighted by molar-refractivity contribution is -0.155. The Balaban J connectivity index is 4.84. The second-order valence-corrected chi connectivity index (χ2v) is 4.61. The monoisotopic (exact) mass is 217 g/mol. The van der Waals surface area contributed by atoms with Crippen molar-refractivity contribution in [3.8, 4) is 0 Å². The molecule has 2 unspecified atom stereocenters. The Morgan fingerprint density at radius 2 is 1.93 bits per heavy atom. The van der Waals surface area contributed by atoms with Crippen molar-refractivity contribution < 1.29 is 14.6 Å². The van der Waals surface area contributed by atoms with Crippen LogP contribution < -0.4 is 0 Å². The normalized spacial score (nSPS) is 17.9. The van der Waals surface area contributed by atoms with E-state index in [2.05, 4.69) is 13.8 Å². The molecule has 0 saturated heterocycles. The van der Waals surface area contributed by atoms with E-state index < -0.39 is 11.5 Å². The van der Waals surface area contributed by atoms with E-state index in [9.17, 15) is 9.90 Å². The molecule has 0 fully saturated rings. The summed E-state index contributed by atoms with van der Waals surface area (Å²) in [5.41, 5.74) is -0.960. The number of nitrogens with zero attached hydrogens (tertiary/aromatic N) is 1. The van der Waals surface area contributed by atoms with Crippen molar-refractivity contribution in [1.82, 2.24) is 4.90 Å². The molecule has 0 saturated carbocycles. The molecule has 0 rings (SSSR count). The predicted molar refractivity (Wildman–Crippen MR) is 60.0 cm³/mol. The summed E-state index contributed by atoms with van der Waals surface area (Å²) >= 11 is 0. The van der Waals surface area contributed by atoms with Crippen LogP contribution >= 0.6 is 0 Å². The molecule has 1 N–H and O–H groups in total. The van der Waals surface area contributed by atoms with E-state index in [1.807, 2.05) is 18.9 Å². The van der Waals surface area contributed by atoms with Crippen LogP contribution in [0.15, 0.2) is 0 Å². The van der Waals surface area contributed by atoms with Gasteiger partial charge in [-0.2, -0.15) is 0 Å². The van der Waals surface area contributed by atoms with Gasteiger partial charge < -0.3 is 9.84 Å². The first-order chi connectivity index (χ1) is 6.77. The largest absolute Gasteiger partial charge is 0.480 e. The van der Waals surface area contributed by atoms with Crippen LogP contribution in [0.3, 0.4) is 0 Å². The average Bonchev–Trinajstić information content (AvgIpc) is 2.15. The number of carboxylic acid groups (broad SMARTS) is 1. The summed E-state index contributed by atoms with van der Waals surface area (Å²) in [4.78, 5) is 13.1. The zero-order valence-corrected chi connectivity index (χ0v) is 10.6. The van der Waals surface area contributed by atoms with Crippen molar-refractivity contribution in [2.75, 3.05) is 20.8 Å². The molecule has 0 spiro atoms. The van der Waals surface area contributed by atoms with Crippen LogP contribution in [0.4, 0.5) is 0 Å². The van der Waals surface area contributed by atoms with Crippen LogP contribution in [0.25, 0.3) is 0 Å². The molecule has 0 aliphatic rings. The highest BCUT2D eigenvalue weighted by Crippen LogP contribution is 2.21. The van der Waals surface area contributed by atoms with E-state index in [0.717, 1.165) is 0 Å². The highest BCUT2D eigenvalue weighted by Gasteiger charge is 2.40. The molecule has 15 heavy (non-hydrogen) atoms. The number of carboxylic acids is 1. The van der Waals surface area contributed by atoms with Gasteiger partial charge in [-0.3, -0.25) is 9.69 Å². The van der Waals surface area contributed by atoms with Crippen LogP contribution in [0.5, 0.6) is 0 Å². The first kappa shape index (κ1) is 14.4. The topological polar surface area (TPSA) is 49.8 Å². The summed E-state index contributed by atoms with van der Waals surface area (Å²) in [5.74, 6) is -0.440. The lowest BCUT2D eigenvalue weighted by Gasteiger charge is -2.40. The quantitative estimate of drug-likeness (QED) is 0.731. The SMILES string of the molecule is COCC(C)(C(=O)O)N(C)C(C)C(C)C. The van der Waals surface area contributed by atoms with Gasteiger partial charge in [-0.15, -0.1) is 0 Å². The first-order valence-electron chi connectivity index (χ1n) is 5.22. The third-order valence-electron chi connectivity index (χ3n) is 3.24. The smallest absolute Gasteiger partial charge is 0.326 e. The van der Waals surface area contributed by atoms with E-state index in [0.29, 0.717) is 5.92 Å². The van der Waals surface area contributed by atoms with E-state index >= 15 is 0 Å². The summed E-state index contributed by atoms with van der Waals surface area (Å²) in [5, 5.41) is 9.24. The number of hydrogen-bond acceptors (Lipinski definition) is 3. The Labute approximate surface area is 92.2 Å². The van der Waals surface area contributed by atoms with E-state index in [1.54, 1.807) is 6.92 Å². The Morgan fingerprint density at radius 3 is 2.20 bits per heavy atom. The Hall–Kier alpha value is -0.610. The second kappa shape index (κ2) is 5.47. The number of aliphatic carboxylic acids is 1. The predicted octanol–water partition coefficient (Wildman–Crippen LogP) is 1.45. The van der Waals surface area contributed by atoms with Crippen molar-refractivity contribution in [1.29, 1.82) is 0 Å². The molecule has 0 aromatic rings. The van der Waals surface area contributed by atoms with Crippen LogP contribution in [0.1, 0.15) is 27.7 Å². The standard InChI is InChI=1S/C11H23NO3/c1-8(2)9(3)12(5)11(4,7-15-6)10(13)14/h8-9H,7H2,1-6H3,(H,13,14). The minimum absolute atomic E-state index is 0.190. The van der Waals surface area contributed by atoms with Gasteiger partial charge in [0.25, 0.3) is 0 Å². The summed E-state index contributed by atoms with van der Waals surface area (Å²) < 4.78 is 5.00. The number of ether oxygens (including phenoxy) is 1. The molecule has 4 heteroatoms. The third kappa shape index (κ3) is 3.18. The summed E-state index contributed by atoms with van der Waals surface area (Å²) in [6, 6.07) is 0.196. The Morgan fingerprint density at radius 1 is 1.47 bits per heavy atom. The van der Waals surface area contributed by atoms with E-state index in [-0.39, 0.29) is 12.6 Å². The number of carbonyl (C=O) groups is 1. The van der Waals surface area contributed by atoms with Gasteiger partial charge in [0.15, 0.2) is 0 Å². The van der Waals surface area contributed by atoms with E-state index in [1.165, 1.54) is 7.11 Å². The molecule has 4 nitrogen and oxygen atoms in total. The highest BCUT2D eigenvalue weighted by molar-refractivity contribution is 5.78. The fourth-order valence-electron chi connectivity index (χ4n) is 1.49. The Bertz CT molecular complexity index is 218. The zero-order chi connectivity index (χ0) is 12.2. The van der Waals surface area contributed by atoms with Crippen molar-refractivity contribution >= 4 is 5.97 Å². The molecule has 90 valence electrons. The minimum Gasteiger partial charge on any atom is -0.480 e. The van der Waals surface area contributed by atoms with Crippen molar-refractivity contribution in [2.45, 2.75) is 39.3 Å². The van der Waals surface area contributed by atoms with Gasteiger partial charge in [0.1, 0.15) is 5.54 Å². The molecule has 0 aliphatic carbocycles. The van der Waals surface area contributed by atoms with Crippen LogP contribution in [0.2, 0.25) is 0 Å². The third-order valence-corrected chi connectivity index (χ3v) is 3.24. The maximum atomic E-state index is 11.3. The van der Waals surface area contributed by atoms with Gasteiger partial charge in [0.2, 0.25) is 0 Å². The van der Waals surface area contributed by atoms with E-state index in [4.69, 9.17) is 4.74 Å². The molecule has 0 heterocycles. The molecule has 0 aromatic heterocycles. The minimum atomic E-state index is -0.960. The maximum Gasteiger partial charge on any atom is 0.326 e. The van der Waals surface area contributed by atoms with Gasteiger partial charge in [-0.1, -0.05) is 13.8 Å². The molecule has 0 amide bonds. The number of likely N-dealkylation sites (N-methyl/N-ethyl adjacent to an activating group) is 1. The van der Waals surface area contributed by atoms with Crippen molar-refractivity contribution in [3.05, 3.63) is 0 Å². The Kier molecular flexibility index (Phi) is 5.24. The molecule has 0 radical (unpaired) electrons. The lowest BCUT2D eigenvalue weighted by Crippen LogP contribution is -2.57. The summed E-state index contributed by atoms with van der Waals surface area (Å²) in [6.07, 6.45) is 0. The van der Waals surface area contributed by atoms with Crippen LogP contribution in [0, 0.1) is 5.92 Å². The van der Waals surface area contributed by atoms with Gasteiger partial charge in [0, 0.05) is 13.2 Å². The van der Waals surface area contributed by atoms with Gasteiger partial charge in [-0.05, 0) is 26.8 Å². The molecule has 0 bridgehead atoms. The highest BCUT2D eigenvalue weighted by atomic mass is 16.5. The molecule has 2 atom stereocenters.